The Morgan fingerprint density at radius 3 is 2.55 bits per heavy atom. The van der Waals surface area contributed by atoms with E-state index in [2.05, 4.69) is 36.2 Å². The van der Waals surface area contributed by atoms with Crippen molar-refractivity contribution in [3.63, 3.8) is 0 Å². The second-order valence-electron chi connectivity index (χ2n) is 5.11. The highest BCUT2D eigenvalue weighted by Crippen LogP contribution is 2.24. The van der Waals surface area contributed by atoms with Gasteiger partial charge in [0.1, 0.15) is 0 Å². The Morgan fingerprint density at radius 2 is 1.91 bits per heavy atom. The molecule has 2 heterocycles. The van der Waals surface area contributed by atoms with Gasteiger partial charge >= 0.3 is 5.91 Å². The van der Waals surface area contributed by atoms with Gasteiger partial charge in [-0.05, 0) is 31.5 Å². The highest BCUT2D eigenvalue weighted by Gasteiger charge is 2.12. The van der Waals surface area contributed by atoms with Crippen LogP contribution in [-0.2, 0) is 7.05 Å². The van der Waals surface area contributed by atoms with Crippen LogP contribution in [0.25, 0.3) is 11.3 Å². The van der Waals surface area contributed by atoms with Crippen molar-refractivity contribution in [2.24, 2.45) is 12.0 Å². The van der Waals surface area contributed by atoms with Gasteiger partial charge in [-0.15, -0.1) is 11.3 Å². The Bertz CT molecular complexity index is 869. The number of benzene rings is 1. The number of rotatable bonds is 2. The molecule has 1 amide bonds. The summed E-state index contributed by atoms with van der Waals surface area (Å²) in [5, 5.41) is 0. The summed E-state index contributed by atoms with van der Waals surface area (Å²) in [4.78, 5) is 18.0. The largest absolute Gasteiger partial charge is 0.459 e. The van der Waals surface area contributed by atoms with E-state index >= 15 is 0 Å². The Balaban J connectivity index is 2.07. The van der Waals surface area contributed by atoms with Crippen LogP contribution in [0.15, 0.2) is 52.1 Å². The van der Waals surface area contributed by atoms with E-state index in [0.29, 0.717) is 4.80 Å². The van der Waals surface area contributed by atoms with Crippen LogP contribution in [0.4, 0.5) is 0 Å². The van der Waals surface area contributed by atoms with Gasteiger partial charge in [0.2, 0.25) is 0 Å². The summed E-state index contributed by atoms with van der Waals surface area (Å²) in [5.74, 6) is -0.111. The number of hydrogen-bond acceptors (Lipinski definition) is 3. The number of thiazole rings is 1. The molecule has 112 valence electrons. The number of aromatic nitrogens is 1. The molecule has 0 radical (unpaired) electrons. The van der Waals surface area contributed by atoms with E-state index in [1.807, 2.05) is 18.5 Å². The molecule has 0 unspecified atom stereocenters. The van der Waals surface area contributed by atoms with Crippen LogP contribution in [-0.4, -0.2) is 10.5 Å². The second-order valence-corrected chi connectivity index (χ2v) is 6.29. The summed E-state index contributed by atoms with van der Waals surface area (Å²) in [5.41, 5.74) is 3.42. The van der Waals surface area contributed by atoms with E-state index in [9.17, 15) is 4.79 Å². The molecule has 0 saturated heterocycles. The van der Waals surface area contributed by atoms with Crippen LogP contribution in [0.5, 0.6) is 0 Å². The minimum atomic E-state index is -0.364. The average Bonchev–Trinajstić information content (AvgIpc) is 3.10. The molecule has 5 heteroatoms. The first-order valence-corrected chi connectivity index (χ1v) is 7.74. The number of carbonyl (C=O) groups excluding carboxylic acids is 1. The van der Waals surface area contributed by atoms with Crippen molar-refractivity contribution < 1.29 is 9.21 Å². The van der Waals surface area contributed by atoms with E-state index in [1.54, 1.807) is 12.1 Å². The van der Waals surface area contributed by atoms with Crippen LogP contribution in [0.1, 0.15) is 21.0 Å². The van der Waals surface area contributed by atoms with Gasteiger partial charge in [0.05, 0.1) is 12.0 Å². The number of amides is 1. The van der Waals surface area contributed by atoms with Crippen molar-refractivity contribution in [3.8, 4) is 11.3 Å². The lowest BCUT2D eigenvalue weighted by molar-refractivity contribution is 0.0971. The quantitative estimate of drug-likeness (QED) is 0.724. The first-order chi connectivity index (χ1) is 10.6. The van der Waals surface area contributed by atoms with Crippen molar-refractivity contribution in [2.75, 3.05) is 0 Å². The monoisotopic (exact) mass is 312 g/mol. The van der Waals surface area contributed by atoms with Gasteiger partial charge in [0.15, 0.2) is 10.6 Å². The van der Waals surface area contributed by atoms with E-state index in [4.69, 9.17) is 4.42 Å². The molecule has 0 aliphatic carbocycles. The van der Waals surface area contributed by atoms with Gasteiger partial charge in [-0.2, -0.15) is 4.99 Å². The third kappa shape index (κ3) is 2.67. The van der Waals surface area contributed by atoms with E-state index < -0.39 is 0 Å². The van der Waals surface area contributed by atoms with Crippen LogP contribution in [0, 0.1) is 13.8 Å². The molecule has 0 fully saturated rings. The van der Waals surface area contributed by atoms with Gasteiger partial charge < -0.3 is 8.98 Å². The van der Waals surface area contributed by atoms with Crippen LogP contribution >= 0.6 is 11.3 Å². The van der Waals surface area contributed by atoms with Gasteiger partial charge in [-0.25, -0.2) is 0 Å². The molecule has 0 bridgehead atoms. The third-order valence-electron chi connectivity index (χ3n) is 3.45. The van der Waals surface area contributed by atoms with Crippen LogP contribution in [0.2, 0.25) is 0 Å². The zero-order valence-electron chi connectivity index (χ0n) is 12.7. The van der Waals surface area contributed by atoms with Gasteiger partial charge in [0, 0.05) is 11.9 Å². The Kier molecular flexibility index (Phi) is 3.81. The highest BCUT2D eigenvalue weighted by atomic mass is 32.1. The normalized spacial score (nSPS) is 11.9. The Hall–Kier alpha value is -2.40. The Labute approximate surface area is 132 Å². The van der Waals surface area contributed by atoms with E-state index in [-0.39, 0.29) is 11.7 Å². The SMILES string of the molecule is Cc1ccc(-c2c(C)sc(=NC(=O)c3ccco3)n2C)cc1. The molecule has 3 aromatic rings. The molecular weight excluding hydrogens is 296 g/mol. The number of aryl methyl sites for hydroxylation is 2. The van der Waals surface area contributed by atoms with Crippen molar-refractivity contribution in [2.45, 2.75) is 13.8 Å². The molecule has 4 nitrogen and oxygen atoms in total. The fourth-order valence-electron chi connectivity index (χ4n) is 2.33. The standard InChI is InChI=1S/C17H16N2O2S/c1-11-6-8-13(9-7-11)15-12(2)22-17(19(15)3)18-16(20)14-5-4-10-21-14/h4-10H,1-3H3. The maximum atomic E-state index is 12.1. The van der Waals surface area contributed by atoms with Crippen molar-refractivity contribution in [1.29, 1.82) is 0 Å². The molecule has 2 aromatic heterocycles. The summed E-state index contributed by atoms with van der Waals surface area (Å²) in [7, 11) is 1.92. The van der Waals surface area contributed by atoms with Crippen molar-refractivity contribution >= 4 is 17.2 Å². The first-order valence-electron chi connectivity index (χ1n) is 6.92. The lowest BCUT2D eigenvalue weighted by Gasteiger charge is -2.05. The lowest BCUT2D eigenvalue weighted by Crippen LogP contribution is -2.14. The first kappa shape index (κ1) is 14.5. The molecular formula is C17H16N2O2S. The van der Waals surface area contributed by atoms with Gasteiger partial charge in [-0.1, -0.05) is 29.8 Å². The topological polar surface area (TPSA) is 47.5 Å². The van der Waals surface area contributed by atoms with Crippen molar-refractivity contribution in [3.05, 3.63) is 63.7 Å². The zero-order valence-corrected chi connectivity index (χ0v) is 13.5. The lowest BCUT2D eigenvalue weighted by atomic mass is 10.1. The fraction of sp³-hybridized carbons (Fsp3) is 0.176. The van der Waals surface area contributed by atoms with E-state index in [1.165, 1.54) is 23.2 Å². The maximum absolute atomic E-state index is 12.1. The fourth-order valence-corrected chi connectivity index (χ4v) is 3.32. The summed E-state index contributed by atoms with van der Waals surface area (Å²) in [6.45, 7) is 4.10. The summed E-state index contributed by atoms with van der Waals surface area (Å²) >= 11 is 1.50. The number of hydrogen-bond donors (Lipinski definition) is 0. The smallest absolute Gasteiger partial charge is 0.315 e. The van der Waals surface area contributed by atoms with Crippen LogP contribution in [0.3, 0.4) is 0 Å². The van der Waals surface area contributed by atoms with Gasteiger partial charge in [0.25, 0.3) is 0 Å². The molecule has 0 spiro atoms. The minimum Gasteiger partial charge on any atom is -0.459 e. The number of furan rings is 1. The van der Waals surface area contributed by atoms with Gasteiger partial charge in [-0.3, -0.25) is 4.79 Å². The molecule has 0 aliphatic heterocycles. The highest BCUT2D eigenvalue weighted by molar-refractivity contribution is 7.09. The number of carbonyl (C=O) groups is 1. The number of nitrogens with zero attached hydrogens (tertiary/aromatic N) is 2. The molecule has 3 rings (SSSR count). The molecule has 0 atom stereocenters. The molecule has 0 N–H and O–H groups in total. The summed E-state index contributed by atoms with van der Waals surface area (Å²) < 4.78 is 7.04. The second kappa shape index (κ2) is 5.77. The molecule has 0 aliphatic rings. The molecule has 1 aromatic carbocycles. The van der Waals surface area contributed by atoms with Crippen molar-refractivity contribution in [1.82, 2.24) is 4.57 Å². The summed E-state index contributed by atoms with van der Waals surface area (Å²) in [6, 6.07) is 11.6. The minimum absolute atomic E-state index is 0.253. The predicted molar refractivity (Wildman–Crippen MR) is 86.8 cm³/mol. The maximum Gasteiger partial charge on any atom is 0.315 e. The third-order valence-corrected chi connectivity index (χ3v) is 4.50. The zero-order chi connectivity index (χ0) is 15.7. The Morgan fingerprint density at radius 1 is 1.18 bits per heavy atom. The average molecular weight is 312 g/mol. The van der Waals surface area contributed by atoms with Crippen LogP contribution < -0.4 is 4.80 Å². The molecule has 22 heavy (non-hydrogen) atoms. The summed E-state index contributed by atoms with van der Waals surface area (Å²) in [6.07, 6.45) is 1.47. The molecule has 0 saturated carbocycles. The van der Waals surface area contributed by atoms with E-state index in [0.717, 1.165) is 16.1 Å². The predicted octanol–water partition coefficient (Wildman–Crippen LogP) is 3.70.